The zero-order valence-electron chi connectivity index (χ0n) is 17.2. The number of piperidine rings is 1. The van der Waals surface area contributed by atoms with Gasteiger partial charge in [-0.2, -0.15) is 0 Å². The molecule has 3 rings (SSSR count). The van der Waals surface area contributed by atoms with Crippen molar-refractivity contribution in [2.75, 3.05) is 24.5 Å². The highest BCUT2D eigenvalue weighted by atomic mass is 16.1. The molecule has 0 aliphatic carbocycles. The van der Waals surface area contributed by atoms with Crippen LogP contribution in [-0.4, -0.2) is 31.6 Å². The lowest BCUT2D eigenvalue weighted by Crippen LogP contribution is -2.42. The Morgan fingerprint density at radius 3 is 2.39 bits per heavy atom. The molecule has 28 heavy (non-hydrogen) atoms. The summed E-state index contributed by atoms with van der Waals surface area (Å²) in [7, 11) is 0. The van der Waals surface area contributed by atoms with E-state index in [4.69, 9.17) is 0 Å². The van der Waals surface area contributed by atoms with Crippen LogP contribution in [0.25, 0.3) is 0 Å². The summed E-state index contributed by atoms with van der Waals surface area (Å²) in [4.78, 5) is 15.0. The molecule has 1 fully saturated rings. The van der Waals surface area contributed by atoms with Gasteiger partial charge in [-0.1, -0.05) is 43.7 Å². The van der Waals surface area contributed by atoms with Gasteiger partial charge in [-0.15, -0.1) is 0 Å². The van der Waals surface area contributed by atoms with Crippen molar-refractivity contribution in [2.24, 2.45) is 0 Å². The normalized spacial score (nSPS) is 16.0. The van der Waals surface area contributed by atoms with Crippen molar-refractivity contribution in [1.82, 2.24) is 10.6 Å². The molecule has 2 aromatic rings. The maximum Gasteiger partial charge on any atom is 0.251 e. The number of unbranched alkanes of at least 4 members (excludes halogenated alkanes) is 1. The first-order valence-corrected chi connectivity index (χ1v) is 10.6. The summed E-state index contributed by atoms with van der Waals surface area (Å²) in [5.74, 6) is -0.0262. The molecule has 1 aliphatic heterocycles. The fourth-order valence-corrected chi connectivity index (χ4v) is 3.75. The number of anilines is 1. The van der Waals surface area contributed by atoms with E-state index in [1.807, 2.05) is 49.4 Å². The SMILES string of the molecule is CCCCNC1CCN(c2ccc(C(=O)NC(C)c3ccccc3)cc2)CC1. The number of carbonyl (C=O) groups excluding carboxylic acids is 1. The average Bonchev–Trinajstić information content (AvgIpc) is 2.75. The van der Waals surface area contributed by atoms with Crippen LogP contribution < -0.4 is 15.5 Å². The highest BCUT2D eigenvalue weighted by Gasteiger charge is 2.19. The molecule has 1 unspecified atom stereocenters. The number of rotatable bonds is 8. The van der Waals surface area contributed by atoms with Gasteiger partial charge in [0.15, 0.2) is 0 Å². The lowest BCUT2D eigenvalue weighted by molar-refractivity contribution is 0.0940. The number of amides is 1. The zero-order valence-corrected chi connectivity index (χ0v) is 17.2. The molecule has 150 valence electrons. The molecule has 1 heterocycles. The molecule has 4 nitrogen and oxygen atoms in total. The minimum Gasteiger partial charge on any atom is -0.371 e. The van der Waals surface area contributed by atoms with Crippen molar-refractivity contribution >= 4 is 11.6 Å². The third-order valence-electron chi connectivity index (χ3n) is 5.60. The van der Waals surface area contributed by atoms with Crippen LogP contribution in [-0.2, 0) is 0 Å². The van der Waals surface area contributed by atoms with Crippen molar-refractivity contribution in [3.05, 3.63) is 65.7 Å². The summed E-state index contributed by atoms with van der Waals surface area (Å²) in [5.41, 5.74) is 3.03. The van der Waals surface area contributed by atoms with Gasteiger partial charge in [0.05, 0.1) is 6.04 Å². The van der Waals surface area contributed by atoms with Crippen LogP contribution in [0.4, 0.5) is 5.69 Å². The summed E-state index contributed by atoms with van der Waals surface area (Å²) in [6.07, 6.45) is 4.86. The smallest absolute Gasteiger partial charge is 0.251 e. The van der Waals surface area contributed by atoms with Gasteiger partial charge in [0.25, 0.3) is 5.91 Å². The Morgan fingerprint density at radius 1 is 1.07 bits per heavy atom. The highest BCUT2D eigenvalue weighted by molar-refractivity contribution is 5.94. The second-order valence-corrected chi connectivity index (χ2v) is 7.72. The molecule has 4 heteroatoms. The molecule has 2 N–H and O–H groups in total. The molecule has 0 radical (unpaired) electrons. The lowest BCUT2D eigenvalue weighted by Gasteiger charge is -2.34. The van der Waals surface area contributed by atoms with Crippen LogP contribution in [0, 0.1) is 0 Å². The number of hydrogen-bond donors (Lipinski definition) is 2. The van der Waals surface area contributed by atoms with Gasteiger partial charge in [0, 0.05) is 30.4 Å². The van der Waals surface area contributed by atoms with Gasteiger partial charge in [-0.05, 0) is 62.6 Å². The van der Waals surface area contributed by atoms with Crippen molar-refractivity contribution in [3.63, 3.8) is 0 Å². The molecule has 1 aliphatic rings. The largest absolute Gasteiger partial charge is 0.371 e. The fourth-order valence-electron chi connectivity index (χ4n) is 3.75. The molecule has 0 bridgehead atoms. The van der Waals surface area contributed by atoms with E-state index in [9.17, 15) is 4.79 Å². The average molecular weight is 380 g/mol. The fraction of sp³-hybridized carbons (Fsp3) is 0.458. The van der Waals surface area contributed by atoms with Gasteiger partial charge in [-0.3, -0.25) is 4.79 Å². The van der Waals surface area contributed by atoms with Gasteiger partial charge in [-0.25, -0.2) is 0 Å². The van der Waals surface area contributed by atoms with Crippen LogP contribution in [0.5, 0.6) is 0 Å². The highest BCUT2D eigenvalue weighted by Crippen LogP contribution is 2.21. The first-order valence-electron chi connectivity index (χ1n) is 10.6. The molecule has 2 aromatic carbocycles. The van der Waals surface area contributed by atoms with Gasteiger partial charge in [0.1, 0.15) is 0 Å². The van der Waals surface area contributed by atoms with Crippen LogP contribution in [0.1, 0.15) is 61.5 Å². The molecule has 1 amide bonds. The van der Waals surface area contributed by atoms with E-state index >= 15 is 0 Å². The van der Waals surface area contributed by atoms with E-state index in [1.165, 1.54) is 31.4 Å². The molecular formula is C24H33N3O. The van der Waals surface area contributed by atoms with E-state index in [0.717, 1.165) is 25.2 Å². The molecule has 0 aromatic heterocycles. The van der Waals surface area contributed by atoms with Crippen molar-refractivity contribution in [1.29, 1.82) is 0 Å². The summed E-state index contributed by atoms with van der Waals surface area (Å²) in [5, 5.41) is 6.75. The Balaban J connectivity index is 1.50. The third kappa shape index (κ3) is 5.59. The number of hydrogen-bond acceptors (Lipinski definition) is 3. The summed E-state index contributed by atoms with van der Waals surface area (Å²) in [6.45, 7) is 7.52. The van der Waals surface area contributed by atoms with E-state index in [-0.39, 0.29) is 11.9 Å². The van der Waals surface area contributed by atoms with E-state index in [2.05, 4.69) is 34.6 Å². The standard InChI is InChI=1S/C24H33N3O/c1-3-4-16-25-22-14-17-27(18-15-22)23-12-10-21(11-13-23)24(28)26-19(2)20-8-6-5-7-9-20/h5-13,19,22,25H,3-4,14-18H2,1-2H3,(H,26,28). The minimum absolute atomic E-state index is 0.00684. The topological polar surface area (TPSA) is 44.4 Å². The Bertz CT molecular complexity index is 721. The molecular weight excluding hydrogens is 346 g/mol. The van der Waals surface area contributed by atoms with E-state index in [0.29, 0.717) is 11.6 Å². The third-order valence-corrected chi connectivity index (χ3v) is 5.60. The monoisotopic (exact) mass is 379 g/mol. The summed E-state index contributed by atoms with van der Waals surface area (Å²) < 4.78 is 0. The zero-order chi connectivity index (χ0) is 19.8. The van der Waals surface area contributed by atoms with Crippen molar-refractivity contribution < 1.29 is 4.79 Å². The van der Waals surface area contributed by atoms with Crippen LogP contribution in [0.2, 0.25) is 0 Å². The number of nitrogens with zero attached hydrogens (tertiary/aromatic N) is 1. The quantitative estimate of drug-likeness (QED) is 0.662. The summed E-state index contributed by atoms with van der Waals surface area (Å²) >= 11 is 0. The Labute approximate surface area is 169 Å². The Kier molecular flexibility index (Phi) is 7.49. The number of benzene rings is 2. The van der Waals surface area contributed by atoms with Crippen LogP contribution >= 0.6 is 0 Å². The Hall–Kier alpha value is -2.33. The number of nitrogens with one attached hydrogen (secondary N) is 2. The van der Waals surface area contributed by atoms with Crippen molar-refractivity contribution in [2.45, 2.75) is 51.6 Å². The number of carbonyl (C=O) groups is 1. The predicted molar refractivity (Wildman–Crippen MR) is 117 cm³/mol. The lowest BCUT2D eigenvalue weighted by atomic mass is 10.0. The molecule has 0 saturated carbocycles. The second-order valence-electron chi connectivity index (χ2n) is 7.72. The van der Waals surface area contributed by atoms with Crippen molar-refractivity contribution in [3.8, 4) is 0 Å². The molecule has 1 saturated heterocycles. The predicted octanol–water partition coefficient (Wildman–Crippen LogP) is 4.54. The maximum atomic E-state index is 12.6. The minimum atomic E-state index is -0.0262. The Morgan fingerprint density at radius 2 is 1.75 bits per heavy atom. The first-order chi connectivity index (χ1) is 13.7. The molecule has 1 atom stereocenters. The van der Waals surface area contributed by atoms with E-state index < -0.39 is 0 Å². The van der Waals surface area contributed by atoms with Crippen LogP contribution in [0.15, 0.2) is 54.6 Å². The van der Waals surface area contributed by atoms with Gasteiger partial charge >= 0.3 is 0 Å². The van der Waals surface area contributed by atoms with Crippen LogP contribution in [0.3, 0.4) is 0 Å². The van der Waals surface area contributed by atoms with Gasteiger partial charge < -0.3 is 15.5 Å². The summed E-state index contributed by atoms with van der Waals surface area (Å²) in [6, 6.07) is 18.7. The maximum absolute atomic E-state index is 12.6. The first kappa shape index (κ1) is 20.4. The van der Waals surface area contributed by atoms with E-state index in [1.54, 1.807) is 0 Å². The second kappa shape index (κ2) is 10.3. The van der Waals surface area contributed by atoms with Gasteiger partial charge in [0.2, 0.25) is 0 Å². The molecule has 0 spiro atoms.